The maximum Gasteiger partial charge on any atom is 0.234 e. The molecule has 188 valence electrons. The summed E-state index contributed by atoms with van der Waals surface area (Å²) in [5, 5.41) is 14.1. The Hall–Kier alpha value is -3.66. The number of carbonyl (C=O) groups is 1. The summed E-state index contributed by atoms with van der Waals surface area (Å²) in [6.07, 6.45) is 1.89. The number of anilines is 1. The van der Waals surface area contributed by atoms with E-state index in [2.05, 4.69) is 20.5 Å². The van der Waals surface area contributed by atoms with E-state index < -0.39 is 0 Å². The van der Waals surface area contributed by atoms with Crippen LogP contribution in [0.5, 0.6) is 11.5 Å². The van der Waals surface area contributed by atoms with Crippen molar-refractivity contribution in [2.75, 3.05) is 25.3 Å². The van der Waals surface area contributed by atoms with Gasteiger partial charge >= 0.3 is 0 Å². The first-order chi connectivity index (χ1) is 18.0. The molecule has 0 aliphatic rings. The number of aromatic nitrogens is 4. The van der Waals surface area contributed by atoms with Gasteiger partial charge < -0.3 is 19.8 Å². The minimum atomic E-state index is -0.232. The van der Waals surface area contributed by atoms with Gasteiger partial charge in [0.15, 0.2) is 11.0 Å². The summed E-state index contributed by atoms with van der Waals surface area (Å²) in [6.45, 7) is 0. The minimum absolute atomic E-state index is 0.0819. The molecule has 2 aromatic heterocycles. The number of aromatic amines is 1. The second kappa shape index (κ2) is 10.8. The second-order valence-corrected chi connectivity index (χ2v) is 9.65. The molecule has 0 spiro atoms. The number of methoxy groups -OCH3 is 2. The maximum absolute atomic E-state index is 12.7. The van der Waals surface area contributed by atoms with Crippen molar-refractivity contribution < 1.29 is 14.3 Å². The highest BCUT2D eigenvalue weighted by Gasteiger charge is 2.22. The van der Waals surface area contributed by atoms with Crippen LogP contribution in [0.15, 0.2) is 72.0 Å². The summed E-state index contributed by atoms with van der Waals surface area (Å²) < 4.78 is 13.0. The van der Waals surface area contributed by atoms with Gasteiger partial charge in [-0.3, -0.25) is 9.36 Å². The smallest absolute Gasteiger partial charge is 0.234 e. The minimum Gasteiger partial charge on any atom is -0.497 e. The molecule has 37 heavy (non-hydrogen) atoms. The first-order valence-electron chi connectivity index (χ1n) is 11.1. The zero-order valence-electron chi connectivity index (χ0n) is 19.8. The average molecular weight is 554 g/mol. The van der Waals surface area contributed by atoms with E-state index in [4.69, 9.17) is 32.7 Å². The van der Waals surface area contributed by atoms with E-state index in [9.17, 15) is 4.79 Å². The first-order valence-corrected chi connectivity index (χ1v) is 12.8. The number of hydrogen-bond donors (Lipinski definition) is 2. The first kappa shape index (κ1) is 25.0. The maximum atomic E-state index is 12.7. The third-order valence-electron chi connectivity index (χ3n) is 5.63. The predicted molar refractivity (Wildman–Crippen MR) is 148 cm³/mol. The van der Waals surface area contributed by atoms with Crippen LogP contribution in [-0.4, -0.2) is 45.6 Å². The molecular weight excluding hydrogens is 533 g/mol. The van der Waals surface area contributed by atoms with Crippen LogP contribution < -0.4 is 14.8 Å². The highest BCUT2D eigenvalue weighted by Crippen LogP contribution is 2.37. The topological polar surface area (TPSA) is 94.1 Å². The van der Waals surface area contributed by atoms with Crippen LogP contribution in [0.2, 0.25) is 10.0 Å². The van der Waals surface area contributed by atoms with Gasteiger partial charge in [-0.1, -0.05) is 53.2 Å². The van der Waals surface area contributed by atoms with Gasteiger partial charge in [-0.15, -0.1) is 10.2 Å². The molecular formula is C26H21Cl2N5O3S. The highest BCUT2D eigenvalue weighted by atomic mass is 35.5. The molecule has 0 atom stereocenters. The van der Waals surface area contributed by atoms with Crippen LogP contribution in [0.25, 0.3) is 28.0 Å². The lowest BCUT2D eigenvalue weighted by molar-refractivity contribution is -0.113. The lowest BCUT2D eigenvalue weighted by Gasteiger charge is -2.15. The third kappa shape index (κ3) is 5.11. The second-order valence-electron chi connectivity index (χ2n) is 7.89. The number of hydrogen-bond acceptors (Lipinski definition) is 6. The van der Waals surface area contributed by atoms with Gasteiger partial charge in [0.1, 0.15) is 11.5 Å². The zero-order chi connectivity index (χ0) is 25.9. The van der Waals surface area contributed by atoms with E-state index >= 15 is 0 Å². The van der Waals surface area contributed by atoms with E-state index in [1.54, 1.807) is 32.4 Å². The van der Waals surface area contributed by atoms with Crippen molar-refractivity contribution in [3.8, 4) is 28.6 Å². The van der Waals surface area contributed by atoms with E-state index in [1.165, 1.54) is 11.8 Å². The number of H-pyrrole nitrogens is 1. The summed E-state index contributed by atoms with van der Waals surface area (Å²) in [7, 11) is 3.19. The molecule has 0 fully saturated rings. The van der Waals surface area contributed by atoms with Crippen LogP contribution >= 0.6 is 35.0 Å². The van der Waals surface area contributed by atoms with Gasteiger partial charge in [0.2, 0.25) is 5.91 Å². The molecule has 2 heterocycles. The zero-order valence-corrected chi connectivity index (χ0v) is 22.1. The standard InChI is InChI=1S/C26H21Cl2N5O3S/c1-35-16-8-10-23(36-2)22(12-16)33-25(18-13-29-21-6-4-3-5-17(18)21)31-32-26(33)37-14-24(34)30-15-7-9-19(27)20(28)11-15/h3-13,29H,14H2,1-2H3,(H,30,34). The summed E-state index contributed by atoms with van der Waals surface area (Å²) in [5.74, 6) is 1.69. The average Bonchev–Trinajstić information content (AvgIpc) is 3.53. The normalized spacial score (nSPS) is 11.0. The number of nitrogens with one attached hydrogen (secondary N) is 2. The van der Waals surface area contributed by atoms with Crippen LogP contribution in [0, 0.1) is 0 Å². The predicted octanol–water partition coefficient (Wildman–Crippen LogP) is 6.47. The fourth-order valence-corrected chi connectivity index (χ4v) is 4.93. The molecule has 8 nitrogen and oxygen atoms in total. The number of rotatable bonds is 8. The fourth-order valence-electron chi connectivity index (χ4n) is 3.88. The van der Waals surface area contributed by atoms with Gasteiger partial charge in [-0.05, 0) is 36.4 Å². The van der Waals surface area contributed by atoms with Crippen LogP contribution in [0.4, 0.5) is 5.69 Å². The van der Waals surface area contributed by atoms with Crippen molar-refractivity contribution in [1.29, 1.82) is 0 Å². The van der Waals surface area contributed by atoms with Crippen molar-refractivity contribution in [2.45, 2.75) is 5.16 Å². The van der Waals surface area contributed by atoms with Gasteiger partial charge in [-0.2, -0.15) is 0 Å². The number of carbonyl (C=O) groups excluding carboxylic acids is 1. The van der Waals surface area contributed by atoms with Crippen molar-refractivity contribution in [1.82, 2.24) is 19.7 Å². The Bertz CT molecular complexity index is 1600. The number of fused-ring (bicyclic) bond motifs is 1. The Labute approximate surface area is 226 Å². The molecule has 0 aliphatic heterocycles. The number of ether oxygens (including phenoxy) is 2. The van der Waals surface area contributed by atoms with Crippen molar-refractivity contribution >= 4 is 57.5 Å². The van der Waals surface area contributed by atoms with E-state index in [0.717, 1.165) is 16.5 Å². The van der Waals surface area contributed by atoms with Gasteiger partial charge in [-0.25, -0.2) is 0 Å². The Morgan fingerprint density at radius 2 is 1.86 bits per heavy atom. The van der Waals surface area contributed by atoms with Crippen molar-refractivity contribution in [3.63, 3.8) is 0 Å². The molecule has 0 saturated carbocycles. The van der Waals surface area contributed by atoms with Crippen molar-refractivity contribution in [3.05, 3.63) is 76.9 Å². The number of benzene rings is 3. The molecule has 0 bridgehead atoms. The molecule has 2 N–H and O–H groups in total. The molecule has 11 heteroatoms. The fraction of sp³-hybridized carbons (Fsp3) is 0.115. The largest absolute Gasteiger partial charge is 0.497 e. The lowest BCUT2D eigenvalue weighted by Crippen LogP contribution is -2.14. The molecule has 5 aromatic rings. The number of nitrogens with zero attached hydrogens (tertiary/aromatic N) is 3. The molecule has 3 aromatic carbocycles. The lowest BCUT2D eigenvalue weighted by atomic mass is 10.1. The SMILES string of the molecule is COc1ccc(OC)c(-n2c(SCC(=O)Nc3ccc(Cl)c(Cl)c3)nnc2-c2c[nH]c3ccccc23)c1. The third-order valence-corrected chi connectivity index (χ3v) is 7.29. The molecule has 0 radical (unpaired) electrons. The van der Waals surface area contributed by atoms with Gasteiger partial charge in [0.25, 0.3) is 0 Å². The molecule has 0 saturated heterocycles. The number of amides is 1. The van der Waals surface area contributed by atoms with Gasteiger partial charge in [0.05, 0.1) is 35.7 Å². The summed E-state index contributed by atoms with van der Waals surface area (Å²) >= 11 is 13.3. The number of halogens is 2. The number of thioether (sulfide) groups is 1. The summed E-state index contributed by atoms with van der Waals surface area (Å²) in [4.78, 5) is 16.0. The molecule has 0 unspecified atom stereocenters. The van der Waals surface area contributed by atoms with Gasteiger partial charge in [0, 0.05) is 34.4 Å². The van der Waals surface area contributed by atoms with Crippen LogP contribution in [0.1, 0.15) is 0 Å². The monoisotopic (exact) mass is 553 g/mol. The molecule has 5 rings (SSSR count). The van der Waals surface area contributed by atoms with E-state index in [1.807, 2.05) is 53.2 Å². The Kier molecular flexibility index (Phi) is 7.27. The molecule has 1 amide bonds. The number of para-hydroxylation sites is 1. The Morgan fingerprint density at radius 1 is 1.03 bits per heavy atom. The van der Waals surface area contributed by atoms with Crippen LogP contribution in [-0.2, 0) is 4.79 Å². The summed E-state index contributed by atoms with van der Waals surface area (Å²) in [5.41, 5.74) is 3.06. The highest BCUT2D eigenvalue weighted by molar-refractivity contribution is 7.99. The van der Waals surface area contributed by atoms with E-state index in [-0.39, 0.29) is 11.7 Å². The van der Waals surface area contributed by atoms with Crippen LogP contribution in [0.3, 0.4) is 0 Å². The Morgan fingerprint density at radius 3 is 2.65 bits per heavy atom. The quantitative estimate of drug-likeness (QED) is 0.214. The summed E-state index contributed by atoms with van der Waals surface area (Å²) in [6, 6.07) is 18.3. The van der Waals surface area contributed by atoms with E-state index in [0.29, 0.717) is 43.9 Å². The van der Waals surface area contributed by atoms with Crippen molar-refractivity contribution in [2.24, 2.45) is 0 Å². The Balaban J connectivity index is 1.53. The molecule has 0 aliphatic carbocycles.